The second kappa shape index (κ2) is 10.5. The number of hydrogen-bond donors (Lipinski definition) is 4. The quantitative estimate of drug-likeness (QED) is 0.323. The van der Waals surface area contributed by atoms with Gasteiger partial charge in [0.15, 0.2) is 12.4 Å². The van der Waals surface area contributed by atoms with Gasteiger partial charge in [-0.1, -0.05) is 19.4 Å². The minimum Gasteiger partial charge on any atom is -0.480 e. The predicted molar refractivity (Wildman–Crippen MR) is 134 cm³/mol. The van der Waals surface area contributed by atoms with Crippen LogP contribution in [0.3, 0.4) is 0 Å². The van der Waals surface area contributed by atoms with Crippen molar-refractivity contribution >= 4 is 29.4 Å². The van der Waals surface area contributed by atoms with E-state index in [1.165, 1.54) is 5.57 Å². The van der Waals surface area contributed by atoms with Crippen LogP contribution in [-0.4, -0.2) is 69.6 Å². The van der Waals surface area contributed by atoms with Gasteiger partial charge < -0.3 is 25.4 Å². The molecule has 38 heavy (non-hydrogen) atoms. The maximum atomic E-state index is 13.3. The first-order chi connectivity index (χ1) is 17.9. The number of ketones is 2. The number of hydrogen-bond acceptors (Lipinski definition) is 8. The van der Waals surface area contributed by atoms with E-state index in [-0.39, 0.29) is 30.0 Å². The number of esters is 1. The van der Waals surface area contributed by atoms with Gasteiger partial charge in [-0.15, -0.1) is 0 Å². The number of carbonyl (C=O) groups is 5. The fourth-order valence-electron chi connectivity index (χ4n) is 8.04. The zero-order valence-corrected chi connectivity index (χ0v) is 22.2. The molecule has 4 aliphatic carbocycles. The molecule has 3 saturated carbocycles. The number of nitrogens with one attached hydrogen (secondary N) is 1. The first kappa shape index (κ1) is 28.4. The van der Waals surface area contributed by atoms with Crippen LogP contribution in [0.15, 0.2) is 11.6 Å². The average Bonchev–Trinajstić information content (AvgIpc) is 3.16. The highest BCUT2D eigenvalue weighted by atomic mass is 16.5. The largest absolute Gasteiger partial charge is 0.480 e. The van der Waals surface area contributed by atoms with Gasteiger partial charge in [-0.25, -0.2) is 4.79 Å². The van der Waals surface area contributed by atoms with Crippen molar-refractivity contribution in [3.05, 3.63) is 11.6 Å². The Balaban J connectivity index is 1.35. The summed E-state index contributed by atoms with van der Waals surface area (Å²) >= 11 is 0. The molecule has 0 aromatic heterocycles. The Bertz CT molecular complexity index is 1050. The van der Waals surface area contributed by atoms with Gasteiger partial charge in [0.25, 0.3) is 0 Å². The van der Waals surface area contributed by atoms with Crippen LogP contribution in [0, 0.1) is 28.6 Å². The molecule has 7 atom stereocenters. The van der Waals surface area contributed by atoms with Crippen LogP contribution in [0.25, 0.3) is 0 Å². The Hall–Kier alpha value is -2.59. The maximum absolute atomic E-state index is 13.3. The van der Waals surface area contributed by atoms with E-state index in [2.05, 4.69) is 12.2 Å². The minimum absolute atomic E-state index is 0.00759. The number of allylic oxidation sites excluding steroid dienone is 1. The Morgan fingerprint density at radius 3 is 2.45 bits per heavy atom. The maximum Gasteiger partial charge on any atom is 0.328 e. The number of aliphatic hydroxyl groups is 2. The number of rotatable bonds is 9. The van der Waals surface area contributed by atoms with Gasteiger partial charge in [-0.05, 0) is 74.2 Å². The van der Waals surface area contributed by atoms with Gasteiger partial charge in [0.1, 0.15) is 11.6 Å². The average molecular weight is 534 g/mol. The molecular weight excluding hydrogens is 494 g/mol. The topological polar surface area (TPSA) is 167 Å². The summed E-state index contributed by atoms with van der Waals surface area (Å²) in [4.78, 5) is 60.2. The first-order valence-corrected chi connectivity index (χ1v) is 13.6. The Kier molecular flexibility index (Phi) is 7.87. The number of Topliss-reactive ketones (excluding diaryl/α,β-unsaturated/α-hetero) is 1. The Morgan fingerprint density at radius 2 is 1.76 bits per heavy atom. The van der Waals surface area contributed by atoms with Gasteiger partial charge in [-0.2, -0.15) is 0 Å². The molecule has 0 aliphatic heterocycles. The van der Waals surface area contributed by atoms with Crippen molar-refractivity contribution in [1.29, 1.82) is 0 Å². The van der Waals surface area contributed by atoms with E-state index in [9.17, 15) is 29.1 Å². The number of carbonyl (C=O) groups excluding carboxylic acids is 4. The number of fused-ring (bicyclic) bond motifs is 5. The van der Waals surface area contributed by atoms with Crippen LogP contribution in [0.2, 0.25) is 0 Å². The molecule has 10 heteroatoms. The summed E-state index contributed by atoms with van der Waals surface area (Å²) in [7, 11) is 0. The first-order valence-electron chi connectivity index (χ1n) is 13.6. The van der Waals surface area contributed by atoms with E-state index < -0.39 is 53.9 Å². The number of carboxylic acids is 1. The van der Waals surface area contributed by atoms with Gasteiger partial charge in [0.05, 0.1) is 13.0 Å². The third-order valence-corrected chi connectivity index (χ3v) is 10.3. The Labute approximate surface area is 222 Å². The Morgan fingerprint density at radius 1 is 1.05 bits per heavy atom. The lowest BCUT2D eigenvalue weighted by atomic mass is 9.46. The highest BCUT2D eigenvalue weighted by molar-refractivity contribution is 5.92. The van der Waals surface area contributed by atoms with Crippen LogP contribution in [-0.2, 0) is 28.7 Å². The normalized spacial score (nSPS) is 36.7. The van der Waals surface area contributed by atoms with Crippen molar-refractivity contribution < 1.29 is 44.0 Å². The van der Waals surface area contributed by atoms with Crippen LogP contribution in [0.5, 0.6) is 0 Å². The lowest BCUT2D eigenvalue weighted by Crippen LogP contribution is -2.58. The third kappa shape index (κ3) is 4.81. The van der Waals surface area contributed by atoms with Crippen LogP contribution < -0.4 is 5.32 Å². The third-order valence-electron chi connectivity index (χ3n) is 10.3. The van der Waals surface area contributed by atoms with Gasteiger partial charge in [0.2, 0.25) is 11.7 Å². The lowest BCUT2D eigenvalue weighted by Gasteiger charge is -2.58. The van der Waals surface area contributed by atoms with Crippen molar-refractivity contribution in [2.45, 2.75) is 89.7 Å². The van der Waals surface area contributed by atoms with E-state index in [1.54, 1.807) is 0 Å². The number of carboxylic acid groups (broad SMARTS) is 1. The molecule has 0 unspecified atom stereocenters. The summed E-state index contributed by atoms with van der Waals surface area (Å²) in [5.41, 5.74) is -0.976. The van der Waals surface area contributed by atoms with Crippen molar-refractivity contribution in [2.75, 3.05) is 13.2 Å². The summed E-state index contributed by atoms with van der Waals surface area (Å²) in [5.74, 6) is -2.31. The molecule has 10 nitrogen and oxygen atoms in total. The summed E-state index contributed by atoms with van der Waals surface area (Å²) in [5, 5.41) is 31.6. The highest BCUT2D eigenvalue weighted by Gasteiger charge is 2.66. The molecule has 4 aliphatic rings. The van der Waals surface area contributed by atoms with Crippen LogP contribution in [0.4, 0.5) is 0 Å². The lowest BCUT2D eigenvalue weighted by molar-refractivity contribution is -0.170. The second-order valence-electron chi connectivity index (χ2n) is 12.0. The standard InChI is InChI=1S/C28H39NO9/c1-26-10-7-17(31)13-16(26)3-4-18-19(26)8-11-27(2)20(18)9-12-28(27,37)22(32)15-38-24(34)6-5-23(33)29-21(14-30)25(35)36/h13,18-21,30,37H,3-12,14-15H2,1-2H3,(H,29,33)(H,35,36)/t18-,19+,20+,21-,26+,27+,28+/m1/s1. The summed E-state index contributed by atoms with van der Waals surface area (Å²) < 4.78 is 5.11. The number of aliphatic carboxylic acids is 1. The molecule has 0 bridgehead atoms. The molecule has 3 fully saturated rings. The van der Waals surface area contributed by atoms with Gasteiger partial charge >= 0.3 is 11.9 Å². The van der Waals surface area contributed by atoms with Crippen LogP contribution >= 0.6 is 0 Å². The van der Waals surface area contributed by atoms with E-state index in [0.29, 0.717) is 31.1 Å². The fraction of sp³-hybridized carbons (Fsp3) is 0.750. The van der Waals surface area contributed by atoms with Crippen molar-refractivity contribution in [3.8, 4) is 0 Å². The van der Waals surface area contributed by atoms with Gasteiger partial charge in [0, 0.05) is 18.3 Å². The molecule has 210 valence electrons. The van der Waals surface area contributed by atoms with E-state index in [0.717, 1.165) is 32.1 Å². The predicted octanol–water partition coefficient (Wildman–Crippen LogP) is 1.70. The van der Waals surface area contributed by atoms with Crippen molar-refractivity contribution in [2.24, 2.45) is 28.6 Å². The zero-order chi connectivity index (χ0) is 27.9. The minimum atomic E-state index is -1.60. The van der Waals surface area contributed by atoms with Crippen molar-refractivity contribution in [1.82, 2.24) is 5.32 Å². The number of amides is 1. The molecule has 0 spiro atoms. The van der Waals surface area contributed by atoms with E-state index in [4.69, 9.17) is 14.9 Å². The van der Waals surface area contributed by atoms with E-state index >= 15 is 0 Å². The molecule has 0 radical (unpaired) electrons. The van der Waals surface area contributed by atoms with Crippen LogP contribution in [0.1, 0.15) is 78.1 Å². The SMILES string of the molecule is C[C@]12CCC(=O)C=C1CC[C@@H]1[C@@H]2CC[C@@]2(C)[C@H]1CC[C@]2(O)C(=O)COC(=O)CCC(=O)N[C@H](CO)C(=O)O. The summed E-state index contributed by atoms with van der Waals surface area (Å²) in [6.07, 6.45) is 6.97. The highest BCUT2D eigenvalue weighted by Crippen LogP contribution is 2.67. The molecule has 4 N–H and O–H groups in total. The monoisotopic (exact) mass is 533 g/mol. The molecular formula is C28H39NO9. The molecule has 0 heterocycles. The number of aliphatic hydroxyl groups excluding tert-OH is 1. The molecule has 1 amide bonds. The molecule has 0 aromatic rings. The van der Waals surface area contributed by atoms with E-state index in [1.807, 2.05) is 13.0 Å². The fourth-order valence-corrected chi connectivity index (χ4v) is 8.04. The zero-order valence-electron chi connectivity index (χ0n) is 22.2. The summed E-state index contributed by atoms with van der Waals surface area (Å²) in [6, 6.07) is -1.46. The molecule has 0 saturated heterocycles. The number of ether oxygens (including phenoxy) is 1. The smallest absolute Gasteiger partial charge is 0.328 e. The molecule has 0 aromatic carbocycles. The van der Waals surface area contributed by atoms with Gasteiger partial charge in [-0.3, -0.25) is 19.2 Å². The second-order valence-corrected chi connectivity index (χ2v) is 12.0. The summed E-state index contributed by atoms with van der Waals surface area (Å²) in [6.45, 7) is 2.90. The molecule has 4 rings (SSSR count). The van der Waals surface area contributed by atoms with Crippen molar-refractivity contribution in [3.63, 3.8) is 0 Å².